The number of aromatic nitrogens is 3. The highest BCUT2D eigenvalue weighted by Crippen LogP contribution is 2.30. The Balaban J connectivity index is 1.76. The van der Waals surface area contributed by atoms with Gasteiger partial charge in [-0.25, -0.2) is 9.97 Å². The third kappa shape index (κ3) is 3.84. The number of nitrogen functional groups attached to an aromatic ring is 1. The first-order valence-electron chi connectivity index (χ1n) is 10.1. The molecule has 154 valence electrons. The molecule has 0 saturated heterocycles. The zero-order valence-corrected chi connectivity index (χ0v) is 17.1. The second-order valence-corrected chi connectivity index (χ2v) is 7.34. The van der Waals surface area contributed by atoms with E-state index in [1.807, 2.05) is 68.4 Å². The summed E-state index contributed by atoms with van der Waals surface area (Å²) < 4.78 is 7.31. The van der Waals surface area contributed by atoms with Crippen LogP contribution in [0.25, 0.3) is 27.9 Å². The summed E-state index contributed by atoms with van der Waals surface area (Å²) in [6.45, 7) is 5.05. The Bertz CT molecular complexity index is 1180. The van der Waals surface area contributed by atoms with E-state index in [1.54, 1.807) is 4.57 Å². The molecule has 30 heavy (non-hydrogen) atoms. The predicted molar refractivity (Wildman–Crippen MR) is 119 cm³/mol. The number of ether oxygens (including phenoxy) is 1. The van der Waals surface area contributed by atoms with Gasteiger partial charge < -0.3 is 15.8 Å². The van der Waals surface area contributed by atoms with Crippen LogP contribution in [0.2, 0.25) is 0 Å². The van der Waals surface area contributed by atoms with Crippen molar-refractivity contribution in [2.75, 3.05) is 18.9 Å². The minimum atomic E-state index is -0.263. The van der Waals surface area contributed by atoms with Gasteiger partial charge in [0.1, 0.15) is 16.9 Å². The molecule has 2 heterocycles. The zero-order valence-electron chi connectivity index (χ0n) is 17.1. The SMILES string of the molecule is CC(C)OCCCNC(=O)c1c(N)n(-c2ccccc2)c2nc3ccccc3nc12. The van der Waals surface area contributed by atoms with Crippen LogP contribution in [0.1, 0.15) is 30.6 Å². The van der Waals surface area contributed by atoms with Crippen LogP contribution in [0, 0.1) is 0 Å². The number of amides is 1. The van der Waals surface area contributed by atoms with Crippen molar-refractivity contribution in [3.05, 3.63) is 60.2 Å². The van der Waals surface area contributed by atoms with Crippen LogP contribution in [0.3, 0.4) is 0 Å². The Labute approximate surface area is 174 Å². The number of hydrogen-bond donors (Lipinski definition) is 2. The number of nitrogens with two attached hydrogens (primary N) is 1. The maximum atomic E-state index is 13.0. The van der Waals surface area contributed by atoms with Gasteiger partial charge in [-0.1, -0.05) is 30.3 Å². The van der Waals surface area contributed by atoms with Gasteiger partial charge in [0.05, 0.1) is 17.1 Å². The van der Waals surface area contributed by atoms with Crippen LogP contribution in [-0.4, -0.2) is 39.7 Å². The van der Waals surface area contributed by atoms with E-state index in [9.17, 15) is 4.79 Å². The molecule has 0 saturated carbocycles. The molecule has 1 amide bonds. The number of anilines is 1. The summed E-state index contributed by atoms with van der Waals surface area (Å²) in [4.78, 5) is 22.5. The van der Waals surface area contributed by atoms with Crippen molar-refractivity contribution in [2.24, 2.45) is 0 Å². The number of nitrogens with one attached hydrogen (secondary N) is 1. The van der Waals surface area contributed by atoms with E-state index >= 15 is 0 Å². The first-order valence-corrected chi connectivity index (χ1v) is 10.1. The normalized spacial score (nSPS) is 11.4. The quantitative estimate of drug-likeness (QED) is 0.459. The topological polar surface area (TPSA) is 95.1 Å². The number of fused-ring (bicyclic) bond motifs is 2. The molecule has 4 aromatic rings. The number of carbonyl (C=O) groups is 1. The number of rotatable bonds is 7. The van der Waals surface area contributed by atoms with Gasteiger partial charge in [-0.15, -0.1) is 0 Å². The van der Waals surface area contributed by atoms with Crippen LogP contribution >= 0.6 is 0 Å². The molecule has 0 aliphatic rings. The predicted octanol–water partition coefficient (Wildman–Crippen LogP) is 3.70. The molecule has 0 aliphatic heterocycles. The summed E-state index contributed by atoms with van der Waals surface area (Å²) in [5.41, 5.74) is 10.2. The average molecular weight is 403 g/mol. The number of benzene rings is 2. The van der Waals surface area contributed by atoms with Crippen molar-refractivity contribution >= 4 is 33.9 Å². The summed E-state index contributed by atoms with van der Waals surface area (Å²) >= 11 is 0. The molecule has 7 heteroatoms. The van der Waals surface area contributed by atoms with E-state index in [-0.39, 0.29) is 12.0 Å². The molecule has 0 spiro atoms. The van der Waals surface area contributed by atoms with E-state index in [0.29, 0.717) is 35.7 Å². The maximum absolute atomic E-state index is 13.0. The molecule has 0 unspecified atom stereocenters. The number of nitrogens with zero attached hydrogens (tertiary/aromatic N) is 3. The van der Waals surface area contributed by atoms with Crippen LogP contribution < -0.4 is 11.1 Å². The minimum Gasteiger partial charge on any atom is -0.384 e. The van der Waals surface area contributed by atoms with Crippen LogP contribution in [0.5, 0.6) is 0 Å². The monoisotopic (exact) mass is 403 g/mol. The van der Waals surface area contributed by atoms with Crippen molar-refractivity contribution in [3.63, 3.8) is 0 Å². The first-order chi connectivity index (χ1) is 14.6. The fraction of sp³-hybridized carbons (Fsp3) is 0.261. The van der Waals surface area contributed by atoms with Gasteiger partial charge in [0.15, 0.2) is 5.65 Å². The van der Waals surface area contributed by atoms with Gasteiger partial charge in [0.2, 0.25) is 0 Å². The smallest absolute Gasteiger partial charge is 0.257 e. The molecule has 2 aromatic carbocycles. The number of para-hydroxylation sites is 3. The maximum Gasteiger partial charge on any atom is 0.257 e. The molecule has 0 radical (unpaired) electrons. The van der Waals surface area contributed by atoms with Crippen molar-refractivity contribution in [2.45, 2.75) is 26.4 Å². The summed E-state index contributed by atoms with van der Waals surface area (Å²) in [6.07, 6.45) is 0.888. The molecule has 7 nitrogen and oxygen atoms in total. The highest BCUT2D eigenvalue weighted by molar-refractivity contribution is 6.11. The molecule has 4 rings (SSSR count). The third-order valence-corrected chi connectivity index (χ3v) is 4.80. The van der Waals surface area contributed by atoms with Crippen LogP contribution in [-0.2, 0) is 4.74 Å². The van der Waals surface area contributed by atoms with Crippen molar-refractivity contribution < 1.29 is 9.53 Å². The van der Waals surface area contributed by atoms with Gasteiger partial charge in [-0.3, -0.25) is 9.36 Å². The van der Waals surface area contributed by atoms with Crippen molar-refractivity contribution in [1.82, 2.24) is 19.9 Å². The average Bonchev–Trinajstić information content (AvgIpc) is 3.02. The van der Waals surface area contributed by atoms with Crippen molar-refractivity contribution in [3.8, 4) is 5.69 Å². The summed E-state index contributed by atoms with van der Waals surface area (Å²) in [6, 6.07) is 17.2. The molecule has 0 bridgehead atoms. The molecule has 0 atom stereocenters. The largest absolute Gasteiger partial charge is 0.384 e. The van der Waals surface area contributed by atoms with E-state index in [4.69, 9.17) is 20.4 Å². The van der Waals surface area contributed by atoms with E-state index in [0.717, 1.165) is 23.1 Å². The minimum absolute atomic E-state index is 0.170. The molecule has 0 fully saturated rings. The molecule has 3 N–H and O–H groups in total. The first kappa shape index (κ1) is 19.8. The van der Waals surface area contributed by atoms with Gasteiger partial charge >= 0.3 is 0 Å². The lowest BCUT2D eigenvalue weighted by molar-refractivity contribution is 0.0757. The van der Waals surface area contributed by atoms with Crippen LogP contribution in [0.4, 0.5) is 5.82 Å². The lowest BCUT2D eigenvalue weighted by Gasteiger charge is -2.09. The summed E-state index contributed by atoms with van der Waals surface area (Å²) in [5, 5.41) is 2.94. The van der Waals surface area contributed by atoms with Gasteiger partial charge in [0.25, 0.3) is 5.91 Å². The Morgan fingerprint density at radius 3 is 2.43 bits per heavy atom. The summed E-state index contributed by atoms with van der Waals surface area (Å²) in [7, 11) is 0. The number of hydrogen-bond acceptors (Lipinski definition) is 5. The van der Waals surface area contributed by atoms with E-state index in [2.05, 4.69) is 5.32 Å². The van der Waals surface area contributed by atoms with Gasteiger partial charge in [-0.2, -0.15) is 0 Å². The lowest BCUT2D eigenvalue weighted by Crippen LogP contribution is -2.26. The van der Waals surface area contributed by atoms with Gasteiger partial charge in [0, 0.05) is 18.8 Å². The third-order valence-electron chi connectivity index (χ3n) is 4.80. The summed E-state index contributed by atoms with van der Waals surface area (Å²) in [5.74, 6) is 0.0590. The molecular formula is C23H25N5O2. The van der Waals surface area contributed by atoms with Crippen LogP contribution in [0.15, 0.2) is 54.6 Å². The zero-order chi connectivity index (χ0) is 21.1. The second-order valence-electron chi connectivity index (χ2n) is 7.34. The fourth-order valence-corrected chi connectivity index (χ4v) is 3.41. The Kier molecular flexibility index (Phi) is 5.63. The fourth-order valence-electron chi connectivity index (χ4n) is 3.41. The lowest BCUT2D eigenvalue weighted by atomic mass is 10.2. The highest BCUT2D eigenvalue weighted by Gasteiger charge is 2.24. The highest BCUT2D eigenvalue weighted by atomic mass is 16.5. The number of carbonyl (C=O) groups excluding carboxylic acids is 1. The van der Waals surface area contributed by atoms with E-state index < -0.39 is 0 Å². The van der Waals surface area contributed by atoms with Crippen molar-refractivity contribution in [1.29, 1.82) is 0 Å². The second kappa shape index (κ2) is 8.51. The molecular weight excluding hydrogens is 378 g/mol. The molecule has 0 aliphatic carbocycles. The Morgan fingerprint density at radius 2 is 1.73 bits per heavy atom. The Morgan fingerprint density at radius 1 is 1.07 bits per heavy atom. The van der Waals surface area contributed by atoms with Gasteiger partial charge in [-0.05, 0) is 44.5 Å². The van der Waals surface area contributed by atoms with E-state index in [1.165, 1.54) is 0 Å². The standard InChI is InChI=1S/C23H25N5O2/c1-15(2)30-14-8-13-25-23(29)19-20-22(27-18-12-7-6-11-17(18)26-20)28(21(19)24)16-9-4-3-5-10-16/h3-7,9-12,15H,8,13-14,24H2,1-2H3,(H,25,29). The Hall–Kier alpha value is -3.45. The molecule has 2 aromatic heterocycles.